The molecule has 0 aliphatic heterocycles. The molecule has 1 N–H and O–H groups in total. The highest BCUT2D eigenvalue weighted by Gasteiger charge is 2.21. The van der Waals surface area contributed by atoms with Gasteiger partial charge in [-0.1, -0.05) is 12.5 Å². The van der Waals surface area contributed by atoms with Crippen LogP contribution in [0.25, 0.3) is 0 Å². The highest BCUT2D eigenvalue weighted by molar-refractivity contribution is 5.87. The second-order valence-corrected chi connectivity index (χ2v) is 5.10. The maximum absolute atomic E-state index is 10.8. The van der Waals surface area contributed by atoms with Crippen molar-refractivity contribution in [3.05, 3.63) is 29.8 Å². The molecule has 4 heteroatoms. The fraction of sp³-hybridized carbons (Fsp3) is 0.533. The quantitative estimate of drug-likeness (QED) is 0.768. The Kier molecular flexibility index (Phi) is 4.80. The summed E-state index contributed by atoms with van der Waals surface area (Å²) in [6.45, 7) is 1.66. The minimum Gasteiger partial charge on any atom is -0.494 e. The number of carboxylic acids is 1. The minimum absolute atomic E-state index is 0.268. The summed E-state index contributed by atoms with van der Waals surface area (Å²) in [6.07, 6.45) is 4.95. The second kappa shape index (κ2) is 6.57. The summed E-state index contributed by atoms with van der Waals surface area (Å²) in [4.78, 5) is 13.2. The number of benzene rings is 1. The van der Waals surface area contributed by atoms with Crippen molar-refractivity contribution in [2.24, 2.45) is 0 Å². The van der Waals surface area contributed by atoms with Crippen LogP contribution in [0.15, 0.2) is 24.3 Å². The van der Waals surface area contributed by atoms with Crippen molar-refractivity contribution in [2.75, 3.05) is 20.2 Å². The Morgan fingerprint density at radius 1 is 1.47 bits per heavy atom. The van der Waals surface area contributed by atoms with E-state index in [1.54, 1.807) is 24.3 Å². The lowest BCUT2D eigenvalue weighted by Crippen LogP contribution is -2.38. The Labute approximate surface area is 114 Å². The van der Waals surface area contributed by atoms with Crippen LogP contribution in [0.2, 0.25) is 0 Å². The van der Waals surface area contributed by atoms with E-state index in [4.69, 9.17) is 9.84 Å². The molecule has 0 aromatic heterocycles. The van der Waals surface area contributed by atoms with Gasteiger partial charge in [0.1, 0.15) is 5.75 Å². The minimum atomic E-state index is -0.921. The zero-order chi connectivity index (χ0) is 13.7. The topological polar surface area (TPSA) is 49.8 Å². The van der Waals surface area contributed by atoms with Gasteiger partial charge < -0.3 is 14.7 Å². The summed E-state index contributed by atoms with van der Waals surface area (Å²) in [7, 11) is 2.16. The molecule has 104 valence electrons. The van der Waals surface area contributed by atoms with E-state index in [0.29, 0.717) is 12.4 Å². The van der Waals surface area contributed by atoms with Gasteiger partial charge in [-0.2, -0.15) is 0 Å². The number of carbonyl (C=O) groups is 1. The number of nitrogens with zero attached hydrogens (tertiary/aromatic N) is 1. The summed E-state index contributed by atoms with van der Waals surface area (Å²) >= 11 is 0. The molecule has 0 heterocycles. The summed E-state index contributed by atoms with van der Waals surface area (Å²) < 4.78 is 5.59. The van der Waals surface area contributed by atoms with Crippen LogP contribution in [0.5, 0.6) is 5.75 Å². The maximum atomic E-state index is 10.8. The van der Waals surface area contributed by atoms with Crippen LogP contribution in [0.4, 0.5) is 0 Å². The van der Waals surface area contributed by atoms with E-state index < -0.39 is 5.97 Å². The number of ether oxygens (including phenoxy) is 1. The Balaban J connectivity index is 1.70. The lowest BCUT2D eigenvalue weighted by molar-refractivity contribution is 0.0696. The van der Waals surface area contributed by atoms with Gasteiger partial charge in [-0.05, 0) is 44.5 Å². The number of hydrogen-bond acceptors (Lipinski definition) is 3. The number of aromatic carboxylic acids is 1. The molecule has 0 unspecified atom stereocenters. The fourth-order valence-corrected chi connectivity index (χ4v) is 2.23. The van der Waals surface area contributed by atoms with E-state index in [-0.39, 0.29) is 5.56 Å². The first kappa shape index (κ1) is 13.9. The van der Waals surface area contributed by atoms with Gasteiger partial charge >= 0.3 is 5.97 Å². The van der Waals surface area contributed by atoms with E-state index in [0.717, 1.165) is 19.0 Å². The summed E-state index contributed by atoms with van der Waals surface area (Å²) in [6, 6.07) is 7.40. The SMILES string of the molecule is CN(CCCOc1cccc(C(=O)O)c1)C1CCC1. The molecule has 0 radical (unpaired) electrons. The molecular formula is C15H21NO3. The van der Waals surface area contributed by atoms with E-state index in [9.17, 15) is 4.79 Å². The average molecular weight is 263 g/mol. The first-order valence-electron chi connectivity index (χ1n) is 6.83. The van der Waals surface area contributed by atoms with Gasteiger partial charge in [0.2, 0.25) is 0 Å². The van der Waals surface area contributed by atoms with Crippen molar-refractivity contribution in [1.29, 1.82) is 0 Å². The largest absolute Gasteiger partial charge is 0.494 e. The molecule has 4 nitrogen and oxygen atoms in total. The van der Waals surface area contributed by atoms with Crippen molar-refractivity contribution in [3.63, 3.8) is 0 Å². The maximum Gasteiger partial charge on any atom is 0.335 e. The monoisotopic (exact) mass is 263 g/mol. The fourth-order valence-electron chi connectivity index (χ4n) is 2.23. The predicted octanol–water partition coefficient (Wildman–Crippen LogP) is 2.64. The molecule has 2 rings (SSSR count). The molecular weight excluding hydrogens is 242 g/mol. The summed E-state index contributed by atoms with van der Waals surface area (Å²) in [5.41, 5.74) is 0.268. The molecule has 0 bridgehead atoms. The summed E-state index contributed by atoms with van der Waals surface area (Å²) in [5.74, 6) is -0.290. The van der Waals surface area contributed by atoms with Crippen molar-refractivity contribution in [3.8, 4) is 5.75 Å². The number of carboxylic acid groups (broad SMARTS) is 1. The van der Waals surface area contributed by atoms with Gasteiger partial charge in [0.25, 0.3) is 0 Å². The van der Waals surface area contributed by atoms with Crippen molar-refractivity contribution in [2.45, 2.75) is 31.7 Å². The Morgan fingerprint density at radius 3 is 2.89 bits per heavy atom. The van der Waals surface area contributed by atoms with Gasteiger partial charge in [0.05, 0.1) is 12.2 Å². The van der Waals surface area contributed by atoms with Crippen LogP contribution in [-0.4, -0.2) is 42.2 Å². The highest BCUT2D eigenvalue weighted by Crippen LogP contribution is 2.23. The average Bonchev–Trinajstić information content (AvgIpc) is 2.33. The molecule has 19 heavy (non-hydrogen) atoms. The Morgan fingerprint density at radius 2 is 2.26 bits per heavy atom. The van der Waals surface area contributed by atoms with Crippen LogP contribution < -0.4 is 4.74 Å². The highest BCUT2D eigenvalue weighted by atomic mass is 16.5. The van der Waals surface area contributed by atoms with Crippen LogP contribution >= 0.6 is 0 Å². The van der Waals surface area contributed by atoms with Crippen molar-refractivity contribution < 1.29 is 14.6 Å². The van der Waals surface area contributed by atoms with Crippen LogP contribution in [0, 0.1) is 0 Å². The molecule has 0 atom stereocenters. The van der Waals surface area contributed by atoms with Crippen LogP contribution in [0.1, 0.15) is 36.0 Å². The van der Waals surface area contributed by atoms with Gasteiger partial charge in [-0.3, -0.25) is 0 Å². The number of rotatable bonds is 7. The second-order valence-electron chi connectivity index (χ2n) is 5.10. The Hall–Kier alpha value is -1.55. The Bertz CT molecular complexity index is 429. The third-order valence-electron chi connectivity index (χ3n) is 3.70. The molecule has 1 aliphatic carbocycles. The molecule has 0 spiro atoms. The zero-order valence-corrected chi connectivity index (χ0v) is 11.3. The van der Waals surface area contributed by atoms with Gasteiger partial charge in [0.15, 0.2) is 0 Å². The predicted molar refractivity (Wildman–Crippen MR) is 73.8 cm³/mol. The molecule has 1 fully saturated rings. The van der Waals surface area contributed by atoms with E-state index in [1.807, 2.05) is 0 Å². The third kappa shape index (κ3) is 3.96. The van der Waals surface area contributed by atoms with Crippen LogP contribution in [0.3, 0.4) is 0 Å². The standard InChI is InChI=1S/C15H21NO3/c1-16(13-6-3-7-13)9-4-10-19-14-8-2-5-12(11-14)15(17)18/h2,5,8,11,13H,3-4,6-7,9-10H2,1H3,(H,17,18). The molecule has 1 aromatic carbocycles. The van der Waals surface area contributed by atoms with Crippen molar-refractivity contribution >= 4 is 5.97 Å². The smallest absolute Gasteiger partial charge is 0.335 e. The first-order chi connectivity index (χ1) is 9.16. The third-order valence-corrected chi connectivity index (χ3v) is 3.70. The molecule has 1 aromatic rings. The normalized spacial score (nSPS) is 15.3. The van der Waals surface area contributed by atoms with E-state index >= 15 is 0 Å². The van der Waals surface area contributed by atoms with Gasteiger partial charge in [-0.25, -0.2) is 4.79 Å². The zero-order valence-electron chi connectivity index (χ0n) is 11.3. The lowest BCUT2D eigenvalue weighted by Gasteiger charge is -2.34. The molecule has 1 aliphatic rings. The van der Waals surface area contributed by atoms with Crippen molar-refractivity contribution in [1.82, 2.24) is 4.90 Å². The van der Waals surface area contributed by atoms with E-state index in [1.165, 1.54) is 19.3 Å². The van der Waals surface area contributed by atoms with E-state index in [2.05, 4.69) is 11.9 Å². The molecule has 1 saturated carbocycles. The first-order valence-corrected chi connectivity index (χ1v) is 6.83. The van der Waals surface area contributed by atoms with Gasteiger partial charge in [-0.15, -0.1) is 0 Å². The van der Waals surface area contributed by atoms with Gasteiger partial charge in [0, 0.05) is 12.6 Å². The molecule has 0 amide bonds. The lowest BCUT2D eigenvalue weighted by atomic mass is 9.92. The number of hydrogen-bond donors (Lipinski definition) is 1. The van der Waals surface area contributed by atoms with Crippen LogP contribution in [-0.2, 0) is 0 Å². The summed E-state index contributed by atoms with van der Waals surface area (Å²) in [5, 5.41) is 8.89. The molecule has 0 saturated heterocycles.